The number of rotatable bonds is 2. The van der Waals surface area contributed by atoms with Gasteiger partial charge in [0.05, 0.1) is 10.6 Å². The van der Waals surface area contributed by atoms with E-state index in [0.29, 0.717) is 10.1 Å². The van der Waals surface area contributed by atoms with Gasteiger partial charge in [-0.2, -0.15) is 0 Å². The highest BCUT2D eigenvalue weighted by Crippen LogP contribution is 2.29. The molecular weight excluding hydrogens is 411 g/mol. The number of nitrogens with one attached hydrogen (secondary N) is 1. The Balaban J connectivity index is 1.86. The number of carbonyl (C=O) groups is 1. The third kappa shape index (κ3) is 3.50. The summed E-state index contributed by atoms with van der Waals surface area (Å²) >= 11 is 3.50. The van der Waals surface area contributed by atoms with Crippen molar-refractivity contribution < 1.29 is 9.90 Å². The summed E-state index contributed by atoms with van der Waals surface area (Å²) in [6.45, 7) is 0. The second kappa shape index (κ2) is 6.53. The average Bonchev–Trinajstić information content (AvgIpc) is 2.81. The molecule has 4 nitrogen and oxygen atoms in total. The fourth-order valence-corrected chi connectivity index (χ4v) is 3.24. The standard InChI is InChI=1S/C16H11IN2O2S/c17-12-6-1-2-7-13(12)18-16-19-15(21)14(22-16)9-10-4-3-5-11(20)8-10/h1-9,20H,(H,18,19,21)/b14-9+. The van der Waals surface area contributed by atoms with Crippen LogP contribution in [0.15, 0.2) is 58.4 Å². The van der Waals surface area contributed by atoms with Crippen molar-refractivity contribution in [3.63, 3.8) is 0 Å². The van der Waals surface area contributed by atoms with E-state index in [1.54, 1.807) is 24.3 Å². The number of aliphatic imine (C=N–C) groups is 1. The van der Waals surface area contributed by atoms with E-state index in [1.165, 1.54) is 11.8 Å². The number of amides is 1. The molecule has 1 heterocycles. The monoisotopic (exact) mass is 422 g/mol. The van der Waals surface area contributed by atoms with Crippen molar-refractivity contribution in [1.29, 1.82) is 0 Å². The molecule has 0 aliphatic carbocycles. The van der Waals surface area contributed by atoms with Crippen LogP contribution in [0.1, 0.15) is 5.56 Å². The number of para-hydroxylation sites is 1. The number of hydrogen-bond donors (Lipinski definition) is 2. The number of hydrogen-bond acceptors (Lipinski definition) is 4. The number of phenolic OH excluding ortho intramolecular Hbond substituents is 1. The molecule has 1 saturated heterocycles. The number of nitrogens with zero attached hydrogens (tertiary/aromatic N) is 1. The predicted molar refractivity (Wildman–Crippen MR) is 98.1 cm³/mol. The molecule has 3 rings (SSSR count). The Labute approximate surface area is 145 Å². The van der Waals surface area contributed by atoms with Gasteiger partial charge in [0.1, 0.15) is 5.75 Å². The Morgan fingerprint density at radius 1 is 1.18 bits per heavy atom. The average molecular weight is 422 g/mol. The maximum absolute atomic E-state index is 12.0. The third-order valence-electron chi connectivity index (χ3n) is 2.89. The third-order valence-corrected chi connectivity index (χ3v) is 4.72. The summed E-state index contributed by atoms with van der Waals surface area (Å²) in [7, 11) is 0. The minimum atomic E-state index is -0.182. The zero-order chi connectivity index (χ0) is 15.5. The summed E-state index contributed by atoms with van der Waals surface area (Å²) in [5, 5.41) is 12.8. The molecule has 22 heavy (non-hydrogen) atoms. The van der Waals surface area contributed by atoms with Crippen molar-refractivity contribution in [2.75, 3.05) is 0 Å². The molecule has 0 atom stereocenters. The topological polar surface area (TPSA) is 61.7 Å². The van der Waals surface area contributed by atoms with Gasteiger partial charge in [-0.05, 0) is 70.3 Å². The van der Waals surface area contributed by atoms with Crippen LogP contribution >= 0.6 is 34.4 Å². The van der Waals surface area contributed by atoms with Gasteiger partial charge < -0.3 is 10.4 Å². The molecule has 0 unspecified atom stereocenters. The molecule has 2 N–H and O–H groups in total. The molecule has 2 aromatic carbocycles. The zero-order valence-corrected chi connectivity index (χ0v) is 14.3. The van der Waals surface area contributed by atoms with Gasteiger partial charge in [-0.3, -0.25) is 4.79 Å². The molecule has 0 spiro atoms. The van der Waals surface area contributed by atoms with Crippen LogP contribution in [0.3, 0.4) is 0 Å². The van der Waals surface area contributed by atoms with Crippen molar-refractivity contribution in [3.8, 4) is 5.75 Å². The van der Waals surface area contributed by atoms with E-state index < -0.39 is 0 Å². The van der Waals surface area contributed by atoms with E-state index in [9.17, 15) is 9.90 Å². The van der Waals surface area contributed by atoms with Crippen LogP contribution in [0.25, 0.3) is 6.08 Å². The fraction of sp³-hybridized carbons (Fsp3) is 0. The van der Waals surface area contributed by atoms with Gasteiger partial charge in [-0.1, -0.05) is 24.3 Å². The maximum atomic E-state index is 12.0. The second-order valence-corrected chi connectivity index (χ2v) is 6.72. The minimum Gasteiger partial charge on any atom is -0.508 e. The lowest BCUT2D eigenvalue weighted by Gasteiger charge is -1.98. The Bertz CT molecular complexity index is 802. The highest BCUT2D eigenvalue weighted by atomic mass is 127. The van der Waals surface area contributed by atoms with Gasteiger partial charge in [0, 0.05) is 3.57 Å². The summed E-state index contributed by atoms with van der Waals surface area (Å²) in [6.07, 6.45) is 1.73. The molecule has 1 aliphatic heterocycles. The highest BCUT2D eigenvalue weighted by molar-refractivity contribution is 14.1. The molecule has 1 aliphatic rings. The molecule has 110 valence electrons. The number of phenols is 1. The lowest BCUT2D eigenvalue weighted by Crippen LogP contribution is -2.19. The Morgan fingerprint density at radius 3 is 2.77 bits per heavy atom. The number of carbonyl (C=O) groups excluding carboxylic acids is 1. The minimum absolute atomic E-state index is 0.172. The van der Waals surface area contributed by atoms with Crippen LogP contribution in [-0.2, 0) is 4.79 Å². The number of halogens is 1. The molecule has 1 fully saturated rings. The van der Waals surface area contributed by atoms with Crippen molar-refractivity contribution in [2.45, 2.75) is 0 Å². The van der Waals surface area contributed by atoms with E-state index >= 15 is 0 Å². The second-order valence-electron chi connectivity index (χ2n) is 4.53. The molecule has 0 radical (unpaired) electrons. The molecule has 2 aromatic rings. The number of aromatic hydroxyl groups is 1. The first kappa shape index (κ1) is 15.1. The Hall–Kier alpha value is -1.80. The van der Waals surface area contributed by atoms with Crippen LogP contribution in [0, 0.1) is 3.57 Å². The first-order valence-electron chi connectivity index (χ1n) is 6.45. The van der Waals surface area contributed by atoms with E-state index in [0.717, 1.165) is 14.8 Å². The normalized spacial score (nSPS) is 18.0. The first-order valence-corrected chi connectivity index (χ1v) is 8.34. The van der Waals surface area contributed by atoms with Crippen LogP contribution in [-0.4, -0.2) is 16.2 Å². The summed E-state index contributed by atoms with van der Waals surface area (Å²) in [5.74, 6) is -0.0106. The van der Waals surface area contributed by atoms with Gasteiger partial charge in [0.25, 0.3) is 5.91 Å². The highest BCUT2D eigenvalue weighted by Gasteiger charge is 2.23. The molecule has 0 aromatic heterocycles. The van der Waals surface area contributed by atoms with Gasteiger partial charge in [0.2, 0.25) is 0 Å². The van der Waals surface area contributed by atoms with Crippen molar-refractivity contribution in [3.05, 3.63) is 62.6 Å². The molecular formula is C16H11IN2O2S. The van der Waals surface area contributed by atoms with Crippen LogP contribution in [0.5, 0.6) is 5.75 Å². The molecule has 1 amide bonds. The Morgan fingerprint density at radius 2 is 2.00 bits per heavy atom. The SMILES string of the molecule is O=C1NC(=Nc2ccccc2I)S/C1=C/c1cccc(O)c1. The van der Waals surface area contributed by atoms with Gasteiger partial charge in [0.15, 0.2) is 5.17 Å². The van der Waals surface area contributed by atoms with E-state index in [-0.39, 0.29) is 11.7 Å². The van der Waals surface area contributed by atoms with Gasteiger partial charge >= 0.3 is 0 Å². The lowest BCUT2D eigenvalue weighted by atomic mass is 10.2. The lowest BCUT2D eigenvalue weighted by molar-refractivity contribution is -0.115. The number of thioether (sulfide) groups is 1. The first-order chi connectivity index (χ1) is 10.6. The Kier molecular flexibility index (Phi) is 4.49. The van der Waals surface area contributed by atoms with Crippen LogP contribution in [0.4, 0.5) is 5.69 Å². The van der Waals surface area contributed by atoms with Crippen molar-refractivity contribution >= 4 is 57.2 Å². The zero-order valence-electron chi connectivity index (χ0n) is 11.3. The quantitative estimate of drug-likeness (QED) is 0.571. The maximum Gasteiger partial charge on any atom is 0.264 e. The number of benzene rings is 2. The predicted octanol–water partition coefficient (Wildman–Crippen LogP) is 3.89. The van der Waals surface area contributed by atoms with E-state index in [2.05, 4.69) is 32.9 Å². The smallest absolute Gasteiger partial charge is 0.264 e. The summed E-state index contributed by atoms with van der Waals surface area (Å²) in [6, 6.07) is 14.5. The summed E-state index contributed by atoms with van der Waals surface area (Å²) in [4.78, 5) is 17.0. The molecule has 6 heteroatoms. The summed E-state index contributed by atoms with van der Waals surface area (Å²) in [5.41, 5.74) is 1.60. The van der Waals surface area contributed by atoms with Crippen molar-refractivity contribution in [1.82, 2.24) is 5.32 Å². The summed E-state index contributed by atoms with van der Waals surface area (Å²) < 4.78 is 1.02. The molecule has 0 bridgehead atoms. The fourth-order valence-electron chi connectivity index (χ4n) is 1.90. The van der Waals surface area contributed by atoms with Gasteiger partial charge in [-0.15, -0.1) is 0 Å². The van der Waals surface area contributed by atoms with Crippen LogP contribution < -0.4 is 5.32 Å². The van der Waals surface area contributed by atoms with Crippen molar-refractivity contribution in [2.24, 2.45) is 4.99 Å². The van der Waals surface area contributed by atoms with Gasteiger partial charge in [-0.25, -0.2) is 4.99 Å². The molecule has 0 saturated carbocycles. The largest absolute Gasteiger partial charge is 0.508 e. The van der Waals surface area contributed by atoms with E-state index in [4.69, 9.17) is 0 Å². The van der Waals surface area contributed by atoms with E-state index in [1.807, 2.05) is 30.3 Å². The van der Waals surface area contributed by atoms with Crippen LogP contribution in [0.2, 0.25) is 0 Å². The number of amidine groups is 1.